The number of phenols is 1. The molecule has 2 heterocycles. The number of anilines is 1. The molecule has 0 aliphatic rings. The fourth-order valence-corrected chi connectivity index (χ4v) is 3.89. The summed E-state index contributed by atoms with van der Waals surface area (Å²) in [4.78, 5) is 44.8. The Labute approximate surface area is 208 Å². The first-order chi connectivity index (χ1) is 16.7. The van der Waals surface area contributed by atoms with E-state index in [0.717, 1.165) is 0 Å². The monoisotopic (exact) mass is 498 g/mol. The zero-order valence-corrected chi connectivity index (χ0v) is 20.8. The van der Waals surface area contributed by atoms with E-state index in [2.05, 4.69) is 15.6 Å². The maximum atomic E-state index is 13.5. The van der Waals surface area contributed by atoms with Crippen LogP contribution >= 0.6 is 11.3 Å². The Kier molecular flexibility index (Phi) is 8.64. The Hall–Kier alpha value is -3.66. The fraction of sp³-hybridized carbons (Fsp3) is 0.360. The molecule has 0 saturated carbocycles. The molecule has 3 aromatic rings. The number of hydrogen-bond acceptors (Lipinski definition) is 7. The summed E-state index contributed by atoms with van der Waals surface area (Å²) in [6.07, 6.45) is 3.57. The number of furan rings is 1. The molecule has 1 atom stereocenters. The second kappa shape index (κ2) is 11.7. The highest BCUT2D eigenvalue weighted by Gasteiger charge is 2.34. The predicted molar refractivity (Wildman–Crippen MR) is 133 cm³/mol. The van der Waals surface area contributed by atoms with E-state index >= 15 is 0 Å². The van der Waals surface area contributed by atoms with Crippen LogP contribution in [0.2, 0.25) is 0 Å². The van der Waals surface area contributed by atoms with Crippen LogP contribution in [0.4, 0.5) is 5.13 Å². The SMILES string of the molecule is CCC(C)(C)NC(=O)C(c1ccc(O)cc1)N(Cc1ccco1)C(=O)CCC(=O)Nc1nccs1. The number of carbonyl (C=O) groups is 3. The molecular formula is C25H30N4O5S. The molecule has 0 fully saturated rings. The molecule has 10 heteroatoms. The van der Waals surface area contributed by atoms with E-state index in [9.17, 15) is 19.5 Å². The first kappa shape index (κ1) is 26.0. The third kappa shape index (κ3) is 7.41. The molecule has 3 N–H and O–H groups in total. The Morgan fingerprint density at radius 1 is 1.17 bits per heavy atom. The Bertz CT molecular complexity index is 1110. The number of nitrogens with one attached hydrogen (secondary N) is 2. The average Bonchev–Trinajstić information content (AvgIpc) is 3.52. The summed E-state index contributed by atoms with van der Waals surface area (Å²) in [6.45, 7) is 5.80. The van der Waals surface area contributed by atoms with Gasteiger partial charge >= 0.3 is 0 Å². The van der Waals surface area contributed by atoms with E-state index in [-0.39, 0.29) is 37.0 Å². The summed E-state index contributed by atoms with van der Waals surface area (Å²) in [5, 5.41) is 17.6. The highest BCUT2D eigenvalue weighted by atomic mass is 32.1. The van der Waals surface area contributed by atoms with Gasteiger partial charge in [0.25, 0.3) is 0 Å². The van der Waals surface area contributed by atoms with Crippen LogP contribution in [-0.4, -0.2) is 38.3 Å². The molecule has 0 spiro atoms. The number of rotatable bonds is 11. The van der Waals surface area contributed by atoms with E-state index in [1.165, 1.54) is 34.6 Å². The first-order valence-electron chi connectivity index (χ1n) is 11.3. The molecular weight excluding hydrogens is 468 g/mol. The Balaban J connectivity index is 1.88. The Morgan fingerprint density at radius 2 is 1.91 bits per heavy atom. The van der Waals surface area contributed by atoms with E-state index in [1.807, 2.05) is 20.8 Å². The minimum Gasteiger partial charge on any atom is -0.508 e. The van der Waals surface area contributed by atoms with Gasteiger partial charge in [0, 0.05) is 30.0 Å². The van der Waals surface area contributed by atoms with Crippen molar-refractivity contribution in [1.82, 2.24) is 15.2 Å². The third-order valence-electron chi connectivity index (χ3n) is 5.59. The van der Waals surface area contributed by atoms with Crippen LogP contribution in [0.1, 0.15) is 57.4 Å². The minimum absolute atomic E-state index is 0.0332. The average molecular weight is 499 g/mol. The van der Waals surface area contributed by atoms with Gasteiger partial charge in [-0.2, -0.15) is 0 Å². The van der Waals surface area contributed by atoms with E-state index < -0.39 is 17.5 Å². The lowest BCUT2D eigenvalue weighted by Gasteiger charge is -2.34. The fourth-order valence-electron chi connectivity index (χ4n) is 3.34. The van der Waals surface area contributed by atoms with E-state index in [1.54, 1.807) is 35.8 Å². The van der Waals surface area contributed by atoms with Crippen molar-refractivity contribution in [3.63, 3.8) is 0 Å². The predicted octanol–water partition coefficient (Wildman–Crippen LogP) is 4.24. The maximum Gasteiger partial charge on any atom is 0.247 e. The number of phenolic OH excluding ortho intramolecular Hbond substituents is 1. The van der Waals surface area contributed by atoms with Crippen LogP contribution in [0.3, 0.4) is 0 Å². The van der Waals surface area contributed by atoms with Gasteiger partial charge in [-0.25, -0.2) is 4.98 Å². The van der Waals surface area contributed by atoms with E-state index in [4.69, 9.17) is 4.42 Å². The summed E-state index contributed by atoms with van der Waals surface area (Å²) >= 11 is 1.28. The van der Waals surface area contributed by atoms with Gasteiger partial charge in [0.1, 0.15) is 17.6 Å². The standard InChI is InChI=1S/C25H30N4O5S/c1-4-25(2,3)28-23(33)22(17-7-9-18(30)10-8-17)29(16-19-6-5-14-34-19)21(32)12-11-20(31)27-24-26-13-15-35-24/h5-10,13-15,22,30H,4,11-12,16H2,1-3H3,(H,28,33)(H,26,27,31). The highest BCUT2D eigenvalue weighted by molar-refractivity contribution is 7.13. The van der Waals surface area contributed by atoms with Crippen LogP contribution in [0.5, 0.6) is 5.75 Å². The zero-order valence-electron chi connectivity index (χ0n) is 20.0. The molecule has 2 aromatic heterocycles. The topological polar surface area (TPSA) is 125 Å². The summed E-state index contributed by atoms with van der Waals surface area (Å²) in [7, 11) is 0. The molecule has 0 radical (unpaired) electrons. The van der Waals surface area contributed by atoms with Crippen LogP contribution in [0.15, 0.2) is 58.7 Å². The number of aromatic hydroxyl groups is 1. The second-order valence-electron chi connectivity index (χ2n) is 8.71. The van der Waals surface area contributed by atoms with Crippen LogP contribution in [0.25, 0.3) is 0 Å². The molecule has 0 saturated heterocycles. The Morgan fingerprint density at radius 3 is 2.51 bits per heavy atom. The number of amides is 3. The highest BCUT2D eigenvalue weighted by Crippen LogP contribution is 2.28. The number of carbonyl (C=O) groups excluding carboxylic acids is 3. The van der Waals surface area contributed by atoms with Crippen molar-refractivity contribution >= 4 is 34.2 Å². The maximum absolute atomic E-state index is 13.5. The van der Waals surface area contributed by atoms with Crippen molar-refractivity contribution in [3.05, 3.63) is 65.6 Å². The second-order valence-corrected chi connectivity index (χ2v) is 9.60. The van der Waals surface area contributed by atoms with Crippen LogP contribution < -0.4 is 10.6 Å². The minimum atomic E-state index is -0.999. The number of aromatic nitrogens is 1. The molecule has 3 amide bonds. The summed E-state index contributed by atoms with van der Waals surface area (Å²) in [5.74, 6) is -0.557. The largest absolute Gasteiger partial charge is 0.508 e. The van der Waals surface area contributed by atoms with Crippen molar-refractivity contribution in [2.45, 2.75) is 58.2 Å². The van der Waals surface area contributed by atoms with Crippen LogP contribution in [0, 0.1) is 0 Å². The lowest BCUT2D eigenvalue weighted by Crippen LogP contribution is -2.50. The lowest BCUT2D eigenvalue weighted by atomic mass is 9.98. The molecule has 186 valence electrons. The van der Waals surface area contributed by atoms with Gasteiger partial charge < -0.3 is 25.1 Å². The van der Waals surface area contributed by atoms with Crippen molar-refractivity contribution in [1.29, 1.82) is 0 Å². The van der Waals surface area contributed by atoms with Crippen molar-refractivity contribution in [3.8, 4) is 5.75 Å². The van der Waals surface area contributed by atoms with Gasteiger partial charge in [0.05, 0.1) is 12.8 Å². The third-order valence-corrected chi connectivity index (χ3v) is 6.27. The normalized spacial score (nSPS) is 12.1. The number of thiazole rings is 1. The number of nitrogens with zero attached hydrogens (tertiary/aromatic N) is 2. The molecule has 35 heavy (non-hydrogen) atoms. The molecule has 9 nitrogen and oxygen atoms in total. The number of hydrogen-bond donors (Lipinski definition) is 3. The molecule has 0 bridgehead atoms. The van der Waals surface area contributed by atoms with Gasteiger partial charge in [-0.15, -0.1) is 11.3 Å². The van der Waals surface area contributed by atoms with Gasteiger partial charge in [0.15, 0.2) is 5.13 Å². The smallest absolute Gasteiger partial charge is 0.247 e. The van der Waals surface area contributed by atoms with Gasteiger partial charge in [-0.3, -0.25) is 14.4 Å². The summed E-state index contributed by atoms with van der Waals surface area (Å²) in [5.41, 5.74) is 0.0264. The van der Waals surface area contributed by atoms with Gasteiger partial charge in [-0.1, -0.05) is 19.1 Å². The van der Waals surface area contributed by atoms with Crippen molar-refractivity contribution in [2.75, 3.05) is 5.32 Å². The quantitative estimate of drug-likeness (QED) is 0.363. The van der Waals surface area contributed by atoms with Gasteiger partial charge in [-0.05, 0) is 50.1 Å². The lowest BCUT2D eigenvalue weighted by molar-refractivity contribution is -0.143. The number of benzene rings is 1. The zero-order chi connectivity index (χ0) is 25.4. The molecule has 0 aliphatic carbocycles. The van der Waals surface area contributed by atoms with Crippen LogP contribution in [-0.2, 0) is 20.9 Å². The van der Waals surface area contributed by atoms with Gasteiger partial charge in [0.2, 0.25) is 17.7 Å². The van der Waals surface area contributed by atoms with Crippen molar-refractivity contribution in [2.24, 2.45) is 0 Å². The molecule has 1 unspecified atom stereocenters. The first-order valence-corrected chi connectivity index (χ1v) is 12.2. The van der Waals surface area contributed by atoms with Crippen molar-refractivity contribution < 1.29 is 23.9 Å². The molecule has 3 rings (SSSR count). The molecule has 1 aromatic carbocycles. The molecule has 0 aliphatic heterocycles. The summed E-state index contributed by atoms with van der Waals surface area (Å²) < 4.78 is 5.47. The van der Waals surface area contributed by atoms with E-state index in [0.29, 0.717) is 22.9 Å². The summed E-state index contributed by atoms with van der Waals surface area (Å²) in [6, 6.07) is 8.58.